The molecular formula is C17H17F3N5O7P. The number of phosphoric ester groups is 1. The summed E-state index contributed by atoms with van der Waals surface area (Å²) in [5, 5.41) is 23.1. The summed E-state index contributed by atoms with van der Waals surface area (Å²) in [6, 6.07) is 1.45. The maximum Gasteiger partial charge on any atom is 0.469 e. The number of phosphoric acid groups is 1. The molecule has 0 saturated carbocycles. The molecule has 4 rings (SSSR count). The first kappa shape index (κ1) is 23.5. The molecule has 33 heavy (non-hydrogen) atoms. The van der Waals surface area contributed by atoms with Crippen LogP contribution >= 0.6 is 7.82 Å². The van der Waals surface area contributed by atoms with Gasteiger partial charge in [0.15, 0.2) is 34.8 Å². The van der Waals surface area contributed by atoms with Crippen LogP contribution in [0.25, 0.3) is 11.2 Å². The molecule has 0 spiro atoms. The summed E-state index contributed by atoms with van der Waals surface area (Å²) in [4.78, 5) is 29.7. The number of hydrogen-bond acceptors (Lipinski definition) is 9. The van der Waals surface area contributed by atoms with Gasteiger partial charge >= 0.3 is 7.82 Å². The van der Waals surface area contributed by atoms with Crippen LogP contribution in [0.3, 0.4) is 0 Å². The first-order valence-electron chi connectivity index (χ1n) is 9.32. The van der Waals surface area contributed by atoms with Crippen LogP contribution in [-0.2, 0) is 20.4 Å². The van der Waals surface area contributed by atoms with E-state index in [0.717, 1.165) is 12.4 Å². The van der Waals surface area contributed by atoms with Crippen molar-refractivity contribution < 1.29 is 47.0 Å². The van der Waals surface area contributed by atoms with Gasteiger partial charge in [0.1, 0.15) is 30.5 Å². The van der Waals surface area contributed by atoms with Crippen molar-refractivity contribution in [1.29, 1.82) is 0 Å². The van der Waals surface area contributed by atoms with Crippen molar-refractivity contribution in [3.05, 3.63) is 47.8 Å². The third kappa shape index (κ3) is 4.70. The van der Waals surface area contributed by atoms with E-state index in [2.05, 4.69) is 24.8 Å². The first-order chi connectivity index (χ1) is 15.6. The molecule has 178 valence electrons. The number of nitrogens with one attached hydrogen (secondary N) is 1. The fourth-order valence-electron chi connectivity index (χ4n) is 3.34. The van der Waals surface area contributed by atoms with Gasteiger partial charge in [-0.3, -0.25) is 9.09 Å². The molecule has 3 aromatic rings. The number of aliphatic hydroxyl groups excluding tert-OH is 2. The highest BCUT2D eigenvalue weighted by Crippen LogP contribution is 2.39. The number of anilines is 1. The lowest BCUT2D eigenvalue weighted by Gasteiger charge is -2.16. The Kier molecular flexibility index (Phi) is 6.37. The number of halogens is 3. The Morgan fingerprint density at radius 2 is 1.85 bits per heavy atom. The average Bonchev–Trinajstić information content (AvgIpc) is 3.31. The highest BCUT2D eigenvalue weighted by atomic mass is 31.2. The molecule has 12 nitrogen and oxygen atoms in total. The Balaban J connectivity index is 1.57. The molecule has 0 radical (unpaired) electrons. The van der Waals surface area contributed by atoms with E-state index in [1.807, 2.05) is 0 Å². The van der Waals surface area contributed by atoms with Crippen LogP contribution in [0.4, 0.5) is 19.0 Å². The van der Waals surface area contributed by atoms with Gasteiger partial charge in [0, 0.05) is 12.1 Å². The van der Waals surface area contributed by atoms with E-state index in [9.17, 15) is 27.9 Å². The van der Waals surface area contributed by atoms with Crippen LogP contribution in [-0.4, -0.2) is 64.4 Å². The van der Waals surface area contributed by atoms with Crippen molar-refractivity contribution in [2.45, 2.75) is 31.1 Å². The van der Waals surface area contributed by atoms with Gasteiger partial charge in [0.2, 0.25) is 0 Å². The second-order valence-electron chi connectivity index (χ2n) is 7.05. The van der Waals surface area contributed by atoms with E-state index in [1.54, 1.807) is 0 Å². The molecular weight excluding hydrogens is 474 g/mol. The molecule has 1 saturated heterocycles. The number of aliphatic hydroxyl groups is 2. The van der Waals surface area contributed by atoms with Gasteiger partial charge in [0.25, 0.3) is 0 Å². The van der Waals surface area contributed by atoms with Crippen LogP contribution in [0.2, 0.25) is 0 Å². The zero-order chi connectivity index (χ0) is 23.9. The van der Waals surface area contributed by atoms with Crippen molar-refractivity contribution in [1.82, 2.24) is 19.5 Å². The highest BCUT2D eigenvalue weighted by Gasteiger charge is 2.45. The molecule has 1 aliphatic heterocycles. The molecule has 0 unspecified atom stereocenters. The fourth-order valence-corrected chi connectivity index (χ4v) is 3.68. The number of aromatic nitrogens is 4. The van der Waals surface area contributed by atoms with Gasteiger partial charge in [-0.25, -0.2) is 32.7 Å². The second kappa shape index (κ2) is 8.95. The number of benzene rings is 1. The molecule has 5 N–H and O–H groups in total. The molecule has 1 aromatic carbocycles. The molecule has 0 amide bonds. The van der Waals surface area contributed by atoms with Gasteiger partial charge in [-0.2, -0.15) is 0 Å². The van der Waals surface area contributed by atoms with Gasteiger partial charge in [-0.15, -0.1) is 0 Å². The zero-order valence-corrected chi connectivity index (χ0v) is 17.3. The lowest BCUT2D eigenvalue weighted by atomic mass is 10.1. The number of fused-ring (bicyclic) bond motifs is 1. The van der Waals surface area contributed by atoms with Gasteiger partial charge < -0.3 is 30.1 Å². The molecule has 1 fully saturated rings. The molecule has 16 heteroatoms. The van der Waals surface area contributed by atoms with Crippen molar-refractivity contribution in [3.63, 3.8) is 0 Å². The minimum Gasteiger partial charge on any atom is -0.387 e. The molecule has 3 heterocycles. The van der Waals surface area contributed by atoms with Gasteiger partial charge in [0.05, 0.1) is 12.9 Å². The Hall–Kier alpha value is -2.65. The third-order valence-corrected chi connectivity index (χ3v) is 5.43. The highest BCUT2D eigenvalue weighted by molar-refractivity contribution is 7.46. The van der Waals surface area contributed by atoms with E-state index in [-0.39, 0.29) is 17.0 Å². The summed E-state index contributed by atoms with van der Waals surface area (Å²) in [5.41, 5.74) is -0.345. The van der Waals surface area contributed by atoms with E-state index >= 15 is 0 Å². The largest absolute Gasteiger partial charge is 0.469 e. The monoisotopic (exact) mass is 491 g/mol. The summed E-state index contributed by atoms with van der Waals surface area (Å²) in [6.45, 7) is -1.16. The Bertz CT molecular complexity index is 1230. The third-order valence-electron chi connectivity index (χ3n) is 4.95. The topological polar surface area (TPSA) is 172 Å². The van der Waals surface area contributed by atoms with Crippen molar-refractivity contribution in [3.8, 4) is 0 Å². The summed E-state index contributed by atoms with van der Waals surface area (Å²) in [6.07, 6.45) is -3.31. The fraction of sp³-hybridized carbons (Fsp3) is 0.353. The summed E-state index contributed by atoms with van der Waals surface area (Å²) >= 11 is 0. The number of ether oxygens (including phenoxy) is 1. The summed E-state index contributed by atoms with van der Waals surface area (Å²) in [5.74, 6) is -3.49. The quantitative estimate of drug-likeness (QED) is 0.231. The molecule has 0 aliphatic carbocycles. The predicted molar refractivity (Wildman–Crippen MR) is 103 cm³/mol. The normalized spacial score (nSPS) is 23.4. The molecule has 1 aliphatic rings. The maximum atomic E-state index is 13.9. The SMILES string of the molecule is O=P(O)(O)OC[C@H]1O[C@@H](n2cnc3c(NCc4c(F)ccc(F)c4F)ncnc32)[C@H](O)[C@@H]1O. The first-order valence-corrected chi connectivity index (χ1v) is 10.9. The van der Waals surface area contributed by atoms with Crippen LogP contribution in [0.1, 0.15) is 11.8 Å². The van der Waals surface area contributed by atoms with E-state index in [0.29, 0.717) is 6.07 Å². The Morgan fingerprint density at radius 1 is 1.12 bits per heavy atom. The van der Waals surface area contributed by atoms with Crippen LogP contribution in [0.15, 0.2) is 24.8 Å². The molecule has 4 atom stereocenters. The summed E-state index contributed by atoms with van der Waals surface area (Å²) in [7, 11) is -4.83. The molecule has 0 bridgehead atoms. The molecule has 2 aromatic heterocycles. The minimum absolute atomic E-state index is 0.0382. The lowest BCUT2D eigenvalue weighted by molar-refractivity contribution is -0.0504. The van der Waals surface area contributed by atoms with Crippen LogP contribution < -0.4 is 5.32 Å². The minimum atomic E-state index is -4.83. The maximum absolute atomic E-state index is 13.9. The number of imidazole rings is 1. The van der Waals surface area contributed by atoms with Crippen LogP contribution in [0, 0.1) is 17.5 Å². The van der Waals surface area contributed by atoms with Crippen molar-refractivity contribution in [2.24, 2.45) is 0 Å². The zero-order valence-electron chi connectivity index (χ0n) is 16.4. The van der Waals surface area contributed by atoms with Gasteiger partial charge in [-0.05, 0) is 12.1 Å². The van der Waals surface area contributed by atoms with E-state index in [4.69, 9.17) is 14.5 Å². The van der Waals surface area contributed by atoms with Crippen molar-refractivity contribution in [2.75, 3.05) is 11.9 Å². The number of nitrogens with zero attached hydrogens (tertiary/aromatic N) is 4. The lowest BCUT2D eigenvalue weighted by Crippen LogP contribution is -2.33. The standard InChI is InChI=1S/C17H17F3N5O7P/c18-8-1-2-9(19)11(20)7(8)3-21-15-12-16(23-5-22-15)25(6-24-12)17-14(27)13(26)10(32-17)4-31-33(28,29)30/h1-2,5-6,10,13-14,17,26-27H,3-4H2,(H,21,22,23)(H2,28,29,30)/t10-,13-,14-,17-/m1/s1. The van der Waals surface area contributed by atoms with Crippen LogP contribution in [0.5, 0.6) is 0 Å². The van der Waals surface area contributed by atoms with Crippen molar-refractivity contribution >= 4 is 24.8 Å². The number of rotatable bonds is 7. The smallest absolute Gasteiger partial charge is 0.387 e. The Morgan fingerprint density at radius 3 is 2.58 bits per heavy atom. The second-order valence-corrected chi connectivity index (χ2v) is 8.29. The average molecular weight is 491 g/mol. The van der Waals surface area contributed by atoms with E-state index < -0.39 is 68.5 Å². The Labute approximate surface area is 182 Å². The van der Waals surface area contributed by atoms with Gasteiger partial charge in [-0.1, -0.05) is 0 Å². The van der Waals surface area contributed by atoms with E-state index in [1.165, 1.54) is 10.9 Å². The number of hydrogen-bond donors (Lipinski definition) is 5. The summed E-state index contributed by atoms with van der Waals surface area (Å²) < 4.78 is 63.1. The predicted octanol–water partition coefficient (Wildman–Crippen LogP) is 0.584.